The fourth-order valence-electron chi connectivity index (χ4n) is 4.08. The van der Waals surface area contributed by atoms with Crippen LogP contribution in [0.3, 0.4) is 0 Å². The predicted octanol–water partition coefficient (Wildman–Crippen LogP) is 5.09. The van der Waals surface area contributed by atoms with E-state index in [0.717, 1.165) is 11.2 Å². The van der Waals surface area contributed by atoms with Crippen molar-refractivity contribution < 1.29 is 0 Å². The van der Waals surface area contributed by atoms with Gasteiger partial charge in [0, 0.05) is 22.6 Å². The second-order valence-electron chi connectivity index (χ2n) is 6.75. The largest absolute Gasteiger partial charge is 0.255 e. The van der Waals surface area contributed by atoms with Crippen molar-refractivity contribution in [3.8, 4) is 11.3 Å². The first-order valence-corrected chi connectivity index (χ1v) is 7.95. The molecule has 0 saturated heterocycles. The molecule has 2 heteroatoms. The maximum atomic E-state index is 4.80. The molecule has 23 heavy (non-hydrogen) atoms. The number of aromatic nitrogens is 2. The summed E-state index contributed by atoms with van der Waals surface area (Å²) in [6, 6.07) is 17.3. The van der Waals surface area contributed by atoms with Gasteiger partial charge in [-0.05, 0) is 28.0 Å². The summed E-state index contributed by atoms with van der Waals surface area (Å²) < 4.78 is 0. The van der Waals surface area contributed by atoms with E-state index in [1.165, 1.54) is 32.8 Å². The van der Waals surface area contributed by atoms with Gasteiger partial charge < -0.3 is 0 Å². The van der Waals surface area contributed by atoms with Crippen LogP contribution in [0.4, 0.5) is 0 Å². The van der Waals surface area contributed by atoms with E-state index in [4.69, 9.17) is 4.98 Å². The van der Waals surface area contributed by atoms with Crippen LogP contribution in [0.25, 0.3) is 32.9 Å². The van der Waals surface area contributed by atoms with Crippen molar-refractivity contribution in [3.05, 3.63) is 72.1 Å². The minimum absolute atomic E-state index is 0.0985. The molecule has 1 aliphatic carbocycles. The van der Waals surface area contributed by atoms with Crippen LogP contribution in [0.1, 0.15) is 25.0 Å². The summed E-state index contributed by atoms with van der Waals surface area (Å²) in [6.07, 6.45) is 3.73. The van der Waals surface area contributed by atoms with Gasteiger partial charge in [-0.15, -0.1) is 0 Å². The summed E-state index contributed by atoms with van der Waals surface area (Å²) in [5.74, 6) is 0. The first-order chi connectivity index (χ1) is 11.2. The molecule has 0 radical (unpaired) electrons. The van der Waals surface area contributed by atoms with Crippen LogP contribution < -0.4 is 0 Å². The van der Waals surface area contributed by atoms with E-state index in [9.17, 15) is 0 Å². The lowest BCUT2D eigenvalue weighted by atomic mass is 9.69. The van der Waals surface area contributed by atoms with Gasteiger partial charge in [0.25, 0.3) is 0 Å². The number of fused-ring (bicyclic) bond motifs is 4. The predicted molar refractivity (Wildman–Crippen MR) is 94.6 cm³/mol. The van der Waals surface area contributed by atoms with E-state index in [2.05, 4.69) is 61.3 Å². The van der Waals surface area contributed by atoms with Crippen LogP contribution >= 0.6 is 0 Å². The third-order valence-corrected chi connectivity index (χ3v) is 5.12. The highest BCUT2D eigenvalue weighted by atomic mass is 14.8. The third-order valence-electron chi connectivity index (χ3n) is 5.12. The van der Waals surface area contributed by atoms with Gasteiger partial charge >= 0.3 is 0 Å². The summed E-state index contributed by atoms with van der Waals surface area (Å²) in [5, 5.41) is 3.82. The van der Waals surface area contributed by atoms with Crippen molar-refractivity contribution in [3.63, 3.8) is 0 Å². The number of hydrogen-bond donors (Lipinski definition) is 0. The lowest BCUT2D eigenvalue weighted by Crippen LogP contribution is -2.24. The fourth-order valence-corrected chi connectivity index (χ4v) is 4.08. The molecule has 1 aliphatic rings. The Labute approximate surface area is 134 Å². The average molecular weight is 296 g/mol. The Kier molecular flexibility index (Phi) is 2.31. The maximum Gasteiger partial charge on any atom is 0.0888 e. The first-order valence-electron chi connectivity index (χ1n) is 7.95. The Bertz CT molecular complexity index is 1090. The maximum absolute atomic E-state index is 4.80. The Hall–Kier alpha value is -2.74. The van der Waals surface area contributed by atoms with Crippen molar-refractivity contribution in [1.82, 2.24) is 9.97 Å². The summed E-state index contributed by atoms with van der Waals surface area (Å²) in [6.45, 7) is 4.59. The van der Waals surface area contributed by atoms with Crippen LogP contribution in [0, 0.1) is 0 Å². The van der Waals surface area contributed by atoms with Gasteiger partial charge in [-0.25, -0.2) is 0 Å². The molecule has 2 aromatic heterocycles. The van der Waals surface area contributed by atoms with Crippen LogP contribution in [-0.2, 0) is 5.41 Å². The molecular formula is C21H16N2. The van der Waals surface area contributed by atoms with Crippen molar-refractivity contribution >= 4 is 21.7 Å². The van der Waals surface area contributed by atoms with Crippen molar-refractivity contribution in [2.24, 2.45) is 0 Å². The Morgan fingerprint density at radius 3 is 2.57 bits per heavy atom. The fraction of sp³-hybridized carbons (Fsp3) is 0.143. The topological polar surface area (TPSA) is 25.8 Å². The molecule has 0 amide bonds. The number of benzene rings is 2. The number of pyridine rings is 2. The minimum atomic E-state index is -0.0985. The van der Waals surface area contributed by atoms with E-state index >= 15 is 0 Å². The molecule has 0 atom stereocenters. The highest BCUT2D eigenvalue weighted by molar-refractivity contribution is 6.05. The van der Waals surface area contributed by atoms with Crippen LogP contribution in [0.2, 0.25) is 0 Å². The van der Waals surface area contributed by atoms with Gasteiger partial charge in [0.05, 0.1) is 17.4 Å². The minimum Gasteiger partial charge on any atom is -0.255 e. The summed E-state index contributed by atoms with van der Waals surface area (Å²) in [7, 11) is 0. The number of hydrogen-bond acceptors (Lipinski definition) is 2. The zero-order chi connectivity index (χ0) is 15.6. The van der Waals surface area contributed by atoms with Crippen LogP contribution in [0.5, 0.6) is 0 Å². The molecule has 4 aromatic rings. The molecule has 0 spiro atoms. The van der Waals surface area contributed by atoms with E-state index in [1.807, 2.05) is 18.5 Å². The van der Waals surface area contributed by atoms with Gasteiger partial charge in [0.2, 0.25) is 0 Å². The van der Waals surface area contributed by atoms with E-state index in [-0.39, 0.29) is 5.41 Å². The Morgan fingerprint density at radius 2 is 1.70 bits per heavy atom. The quantitative estimate of drug-likeness (QED) is 0.452. The standard InChI is InChI=1S/C21H16N2/c1-21(2)16-10-4-7-13-6-3-8-15(18(13)16)20-19(21)14-9-5-11-22-17(14)12-23-20/h3-12H,1-2H3. The molecule has 2 heterocycles. The molecule has 0 unspecified atom stereocenters. The average Bonchev–Trinajstić information content (AvgIpc) is 2.59. The van der Waals surface area contributed by atoms with Gasteiger partial charge in [0.15, 0.2) is 0 Å². The SMILES string of the molecule is CC1(C)c2c(ncc3ncccc23)-c2cccc3cccc1c23. The molecule has 0 saturated carbocycles. The number of nitrogens with zero attached hydrogens (tertiary/aromatic N) is 2. The van der Waals surface area contributed by atoms with Crippen LogP contribution in [0.15, 0.2) is 60.9 Å². The molecule has 5 rings (SSSR count). The van der Waals surface area contributed by atoms with Crippen molar-refractivity contribution in [2.75, 3.05) is 0 Å². The van der Waals surface area contributed by atoms with E-state index in [0.29, 0.717) is 0 Å². The third kappa shape index (κ3) is 1.53. The monoisotopic (exact) mass is 296 g/mol. The van der Waals surface area contributed by atoms with Gasteiger partial charge in [-0.2, -0.15) is 0 Å². The van der Waals surface area contributed by atoms with E-state index in [1.54, 1.807) is 0 Å². The van der Waals surface area contributed by atoms with Gasteiger partial charge in [0.1, 0.15) is 0 Å². The normalized spacial score (nSPS) is 14.9. The highest BCUT2D eigenvalue weighted by Gasteiger charge is 2.35. The molecule has 110 valence electrons. The Morgan fingerprint density at radius 1 is 0.870 bits per heavy atom. The smallest absolute Gasteiger partial charge is 0.0888 e. The lowest BCUT2D eigenvalue weighted by Gasteiger charge is -2.35. The van der Waals surface area contributed by atoms with Crippen molar-refractivity contribution in [2.45, 2.75) is 19.3 Å². The zero-order valence-electron chi connectivity index (χ0n) is 13.2. The molecule has 2 aromatic carbocycles. The van der Waals surface area contributed by atoms with Gasteiger partial charge in [-0.1, -0.05) is 56.3 Å². The summed E-state index contributed by atoms with van der Waals surface area (Å²) >= 11 is 0. The second-order valence-corrected chi connectivity index (χ2v) is 6.75. The van der Waals surface area contributed by atoms with Gasteiger partial charge in [-0.3, -0.25) is 9.97 Å². The highest BCUT2D eigenvalue weighted by Crippen LogP contribution is 2.49. The molecule has 0 fully saturated rings. The number of rotatable bonds is 0. The lowest BCUT2D eigenvalue weighted by molar-refractivity contribution is 0.648. The van der Waals surface area contributed by atoms with E-state index < -0.39 is 0 Å². The molecule has 0 bridgehead atoms. The Balaban J connectivity index is 2.07. The molecule has 0 aliphatic heterocycles. The molecule has 2 nitrogen and oxygen atoms in total. The summed E-state index contributed by atoms with van der Waals surface area (Å²) in [4.78, 5) is 9.30. The molecular weight excluding hydrogens is 280 g/mol. The summed E-state index contributed by atoms with van der Waals surface area (Å²) in [5.41, 5.74) is 5.85. The second kappa shape index (κ2) is 4.17. The zero-order valence-corrected chi connectivity index (χ0v) is 13.2. The molecule has 0 N–H and O–H groups in total. The first kappa shape index (κ1) is 12.8. The van der Waals surface area contributed by atoms with Crippen molar-refractivity contribution in [1.29, 1.82) is 0 Å². The van der Waals surface area contributed by atoms with Crippen LogP contribution in [-0.4, -0.2) is 9.97 Å².